The lowest BCUT2D eigenvalue weighted by atomic mass is 10.4. The minimum absolute atomic E-state index is 0.143. The lowest BCUT2D eigenvalue weighted by Gasteiger charge is -2.14. The van der Waals surface area contributed by atoms with E-state index in [-0.39, 0.29) is 6.03 Å². The lowest BCUT2D eigenvalue weighted by molar-refractivity contribution is 0.218. The van der Waals surface area contributed by atoms with Crippen LogP contribution in [-0.4, -0.2) is 49.6 Å². The summed E-state index contributed by atoms with van der Waals surface area (Å²) in [4.78, 5) is 17.1. The average Bonchev–Trinajstić information content (AvgIpc) is 2.39. The summed E-state index contributed by atoms with van der Waals surface area (Å²) in [7, 11) is 3.37. The normalized spacial score (nSPS) is 10.1. The molecule has 0 aliphatic heterocycles. The molecule has 0 saturated heterocycles. The van der Waals surface area contributed by atoms with Crippen LogP contribution in [0.15, 0.2) is 6.07 Å². The Hall–Kier alpha value is -1.40. The molecule has 0 aliphatic carbocycles. The first-order chi connectivity index (χ1) is 9.45. The Morgan fingerprint density at radius 3 is 2.35 bits per heavy atom. The Kier molecular flexibility index (Phi) is 6.67. The zero-order chi connectivity index (χ0) is 15.1. The van der Waals surface area contributed by atoms with Crippen molar-refractivity contribution in [2.75, 3.05) is 44.4 Å². The van der Waals surface area contributed by atoms with E-state index < -0.39 is 0 Å². The summed E-state index contributed by atoms with van der Waals surface area (Å²) in [6.07, 6.45) is 0. The molecule has 0 atom stereocenters. The molecule has 3 N–H and O–H groups in total. The molecule has 112 valence electrons. The monoisotopic (exact) mass is 319 g/mol. The number of nitrogens with one attached hydrogen (secondary N) is 3. The van der Waals surface area contributed by atoms with E-state index in [9.17, 15) is 4.79 Å². The van der Waals surface area contributed by atoms with Gasteiger partial charge in [-0.1, -0.05) is 23.2 Å². The number of rotatable bonds is 6. The average molecular weight is 320 g/mol. The SMILES string of the molecule is CCNc1nc(NCCNC(=O)N(C)C)c(Cl)cc1Cl. The lowest BCUT2D eigenvalue weighted by Crippen LogP contribution is -2.37. The predicted molar refractivity (Wildman–Crippen MR) is 84.0 cm³/mol. The highest BCUT2D eigenvalue weighted by Crippen LogP contribution is 2.28. The number of carbonyl (C=O) groups excluding carboxylic acids is 1. The van der Waals surface area contributed by atoms with Crippen LogP contribution in [0.2, 0.25) is 10.0 Å². The van der Waals surface area contributed by atoms with Gasteiger partial charge in [-0.15, -0.1) is 0 Å². The van der Waals surface area contributed by atoms with Gasteiger partial charge in [0.15, 0.2) is 0 Å². The molecule has 0 aromatic carbocycles. The summed E-state index contributed by atoms with van der Waals surface area (Å²) < 4.78 is 0. The van der Waals surface area contributed by atoms with Crippen molar-refractivity contribution in [3.63, 3.8) is 0 Å². The van der Waals surface area contributed by atoms with Gasteiger partial charge >= 0.3 is 6.03 Å². The van der Waals surface area contributed by atoms with Crippen molar-refractivity contribution in [3.8, 4) is 0 Å². The van der Waals surface area contributed by atoms with Crippen molar-refractivity contribution in [2.45, 2.75) is 6.92 Å². The number of pyridine rings is 1. The van der Waals surface area contributed by atoms with Crippen LogP contribution < -0.4 is 16.0 Å². The molecule has 1 rings (SSSR count). The second kappa shape index (κ2) is 8.01. The molecule has 1 aromatic heterocycles. The fourth-order valence-electron chi connectivity index (χ4n) is 1.39. The van der Waals surface area contributed by atoms with Gasteiger partial charge in [-0.25, -0.2) is 9.78 Å². The molecule has 0 saturated carbocycles. The molecule has 0 fully saturated rings. The van der Waals surface area contributed by atoms with E-state index >= 15 is 0 Å². The number of hydrogen-bond donors (Lipinski definition) is 3. The molecule has 0 aliphatic rings. The Morgan fingerprint density at radius 2 is 1.80 bits per heavy atom. The van der Waals surface area contributed by atoms with E-state index in [4.69, 9.17) is 23.2 Å². The van der Waals surface area contributed by atoms with Crippen LogP contribution in [0.25, 0.3) is 0 Å². The van der Waals surface area contributed by atoms with Crippen molar-refractivity contribution < 1.29 is 4.79 Å². The number of aromatic nitrogens is 1. The summed E-state index contributed by atoms with van der Waals surface area (Å²) in [5.74, 6) is 1.12. The zero-order valence-electron chi connectivity index (χ0n) is 11.8. The molecular formula is C12H19Cl2N5O. The summed E-state index contributed by atoms with van der Waals surface area (Å²) in [5.41, 5.74) is 0. The second-order valence-corrected chi connectivity index (χ2v) is 5.05. The van der Waals surface area contributed by atoms with Crippen LogP contribution in [0.3, 0.4) is 0 Å². The Balaban J connectivity index is 2.55. The Bertz CT molecular complexity index is 467. The van der Waals surface area contributed by atoms with Crippen molar-refractivity contribution in [2.24, 2.45) is 0 Å². The maximum Gasteiger partial charge on any atom is 0.316 e. The molecule has 6 nitrogen and oxygen atoms in total. The topological polar surface area (TPSA) is 69.3 Å². The van der Waals surface area contributed by atoms with E-state index in [0.29, 0.717) is 41.3 Å². The highest BCUT2D eigenvalue weighted by Gasteiger charge is 2.08. The van der Waals surface area contributed by atoms with Crippen molar-refractivity contribution in [1.29, 1.82) is 0 Å². The fourth-order valence-corrected chi connectivity index (χ4v) is 1.88. The van der Waals surface area contributed by atoms with Gasteiger partial charge in [-0.05, 0) is 13.0 Å². The van der Waals surface area contributed by atoms with Gasteiger partial charge in [-0.2, -0.15) is 0 Å². The number of hydrogen-bond acceptors (Lipinski definition) is 4. The highest BCUT2D eigenvalue weighted by atomic mass is 35.5. The van der Waals surface area contributed by atoms with Crippen LogP contribution >= 0.6 is 23.2 Å². The number of urea groups is 1. The van der Waals surface area contributed by atoms with Gasteiger partial charge in [0.1, 0.15) is 11.6 Å². The van der Waals surface area contributed by atoms with Gasteiger partial charge in [0, 0.05) is 33.7 Å². The van der Waals surface area contributed by atoms with Gasteiger partial charge in [-0.3, -0.25) is 0 Å². The van der Waals surface area contributed by atoms with Gasteiger partial charge in [0.2, 0.25) is 0 Å². The van der Waals surface area contributed by atoms with E-state index in [1.165, 1.54) is 4.90 Å². The third-order valence-corrected chi connectivity index (χ3v) is 2.95. The first-order valence-electron chi connectivity index (χ1n) is 6.24. The van der Waals surface area contributed by atoms with Gasteiger partial charge in [0.05, 0.1) is 10.0 Å². The molecule has 0 bridgehead atoms. The summed E-state index contributed by atoms with van der Waals surface area (Å²) >= 11 is 12.1. The Labute approximate surface area is 128 Å². The van der Waals surface area contributed by atoms with Crippen molar-refractivity contribution in [3.05, 3.63) is 16.1 Å². The summed E-state index contributed by atoms with van der Waals surface area (Å²) in [5, 5.41) is 9.76. The number of nitrogens with zero attached hydrogens (tertiary/aromatic N) is 2. The zero-order valence-corrected chi connectivity index (χ0v) is 13.3. The molecule has 1 aromatic rings. The van der Waals surface area contributed by atoms with E-state index in [2.05, 4.69) is 20.9 Å². The van der Waals surface area contributed by atoms with Crippen molar-refractivity contribution in [1.82, 2.24) is 15.2 Å². The van der Waals surface area contributed by atoms with E-state index in [0.717, 1.165) is 0 Å². The van der Waals surface area contributed by atoms with Crippen LogP contribution in [0.4, 0.5) is 16.4 Å². The smallest absolute Gasteiger partial charge is 0.316 e. The molecule has 20 heavy (non-hydrogen) atoms. The van der Waals surface area contributed by atoms with Gasteiger partial charge in [0.25, 0.3) is 0 Å². The van der Waals surface area contributed by atoms with Crippen LogP contribution in [0.1, 0.15) is 6.92 Å². The third-order valence-electron chi connectivity index (χ3n) is 2.37. The van der Waals surface area contributed by atoms with Crippen LogP contribution in [0, 0.1) is 0 Å². The molecule has 0 radical (unpaired) electrons. The number of amides is 2. The minimum Gasteiger partial charge on any atom is -0.369 e. The fraction of sp³-hybridized carbons (Fsp3) is 0.500. The molecule has 0 unspecified atom stereocenters. The highest BCUT2D eigenvalue weighted by molar-refractivity contribution is 6.37. The largest absolute Gasteiger partial charge is 0.369 e. The first kappa shape index (κ1) is 16.7. The quantitative estimate of drug-likeness (QED) is 0.705. The third kappa shape index (κ3) is 4.94. The number of anilines is 2. The van der Waals surface area contributed by atoms with Crippen LogP contribution in [0.5, 0.6) is 0 Å². The predicted octanol–water partition coefficient (Wildman–Crippen LogP) is 2.50. The first-order valence-corrected chi connectivity index (χ1v) is 7.00. The summed E-state index contributed by atoms with van der Waals surface area (Å²) in [6, 6.07) is 1.49. The van der Waals surface area contributed by atoms with Gasteiger partial charge < -0.3 is 20.9 Å². The van der Waals surface area contributed by atoms with E-state index in [1.807, 2.05) is 6.92 Å². The molecule has 8 heteroatoms. The maximum absolute atomic E-state index is 11.3. The van der Waals surface area contributed by atoms with E-state index in [1.54, 1.807) is 20.2 Å². The molecule has 2 amide bonds. The van der Waals surface area contributed by atoms with Crippen molar-refractivity contribution >= 4 is 40.9 Å². The number of carbonyl (C=O) groups is 1. The van der Waals surface area contributed by atoms with Crippen LogP contribution in [-0.2, 0) is 0 Å². The standard InChI is InChI=1S/C12H19Cl2N5O/c1-4-15-10-8(13)7-9(14)11(18-10)16-5-6-17-12(20)19(2)3/h7H,4-6H2,1-3H3,(H,17,20)(H2,15,16,18). The molecular weight excluding hydrogens is 301 g/mol. The number of halogens is 2. The summed E-state index contributed by atoms with van der Waals surface area (Å²) in [6.45, 7) is 3.65. The molecule has 0 spiro atoms. The second-order valence-electron chi connectivity index (χ2n) is 4.23. The maximum atomic E-state index is 11.3. The Morgan fingerprint density at radius 1 is 1.20 bits per heavy atom. The minimum atomic E-state index is -0.143. The molecule has 1 heterocycles.